The molecule has 1 amide bonds. The number of hydrogen-bond donors (Lipinski definition) is 3. The second-order valence-electron chi connectivity index (χ2n) is 11.8. The van der Waals surface area contributed by atoms with Gasteiger partial charge in [-0.05, 0) is 57.3 Å². The summed E-state index contributed by atoms with van der Waals surface area (Å²) < 4.78 is 24.9. The van der Waals surface area contributed by atoms with Crippen molar-refractivity contribution < 1.29 is 28.8 Å². The van der Waals surface area contributed by atoms with Gasteiger partial charge in [-0.3, -0.25) is 9.59 Å². The third-order valence-corrected chi connectivity index (χ3v) is 7.51. The standard InChI is InChI=1S/C35H48N8O7/c1-6-16-42-33(45)28-25-37-34(40-32(28)43(42)30-9-7-8-29(39-30)35(2,3)46)38-26-10-12-27(13-11-26)41(5)31(44)14-17-47-19-21-49-23-24-50-22-20-48-18-15-36-4/h6-13,25,36,46H,1,14-24H2,2-5H3,(H,37,38,40). The van der Waals surface area contributed by atoms with Gasteiger partial charge in [0.1, 0.15) is 11.0 Å². The quantitative estimate of drug-likeness (QED) is 0.0816. The van der Waals surface area contributed by atoms with Crippen LogP contribution in [-0.2, 0) is 35.9 Å². The monoisotopic (exact) mass is 692 g/mol. The van der Waals surface area contributed by atoms with Crippen LogP contribution in [-0.4, -0.2) is 109 Å². The third kappa shape index (κ3) is 10.7. The number of anilines is 3. The molecule has 0 spiro atoms. The van der Waals surface area contributed by atoms with Crippen LogP contribution in [0.15, 0.2) is 66.1 Å². The molecule has 0 atom stereocenters. The Hall–Kier alpha value is -4.51. The van der Waals surface area contributed by atoms with Crippen molar-refractivity contribution in [2.24, 2.45) is 0 Å². The van der Waals surface area contributed by atoms with Crippen LogP contribution in [0.5, 0.6) is 0 Å². The first kappa shape index (κ1) is 38.3. The minimum absolute atomic E-state index is 0.0879. The molecular weight excluding hydrogens is 644 g/mol. The summed E-state index contributed by atoms with van der Waals surface area (Å²) in [6.07, 6.45) is 3.31. The SMILES string of the molecule is C=CCn1c(=O)c2cnc(Nc3ccc(N(C)C(=O)CCOCCOCCOCCOCCNC)cc3)nc2n1-c1cccc(C(C)(C)O)n1. The summed E-state index contributed by atoms with van der Waals surface area (Å²) in [5.74, 6) is 0.588. The van der Waals surface area contributed by atoms with Crippen molar-refractivity contribution in [1.82, 2.24) is 29.6 Å². The fourth-order valence-electron chi connectivity index (χ4n) is 4.80. The number of aliphatic hydroxyl groups is 1. The summed E-state index contributed by atoms with van der Waals surface area (Å²) in [5, 5.41) is 17.0. The van der Waals surface area contributed by atoms with Crippen molar-refractivity contribution >= 4 is 34.3 Å². The van der Waals surface area contributed by atoms with Crippen molar-refractivity contribution in [3.05, 3.63) is 77.4 Å². The first-order chi connectivity index (χ1) is 24.1. The van der Waals surface area contributed by atoms with E-state index in [2.05, 4.69) is 32.2 Å². The number of amides is 1. The lowest BCUT2D eigenvalue weighted by atomic mass is 10.1. The Morgan fingerprint density at radius 2 is 1.60 bits per heavy atom. The molecule has 3 aromatic heterocycles. The number of benzene rings is 1. The summed E-state index contributed by atoms with van der Waals surface area (Å²) in [4.78, 5) is 41.2. The average molecular weight is 693 g/mol. The topological polar surface area (TPSA) is 167 Å². The number of likely N-dealkylation sites (N-methyl/N-ethyl adjacent to an activating group) is 1. The van der Waals surface area contributed by atoms with Crippen LogP contribution in [0.3, 0.4) is 0 Å². The number of fused-ring (bicyclic) bond motifs is 1. The van der Waals surface area contributed by atoms with E-state index in [-0.39, 0.29) is 37.0 Å². The molecule has 0 fully saturated rings. The molecule has 3 N–H and O–H groups in total. The minimum atomic E-state index is -1.18. The highest BCUT2D eigenvalue weighted by atomic mass is 16.6. The van der Waals surface area contributed by atoms with E-state index in [1.165, 1.54) is 10.9 Å². The Morgan fingerprint density at radius 3 is 2.22 bits per heavy atom. The van der Waals surface area contributed by atoms with Crippen LogP contribution >= 0.6 is 0 Å². The molecule has 270 valence electrons. The summed E-state index contributed by atoms with van der Waals surface area (Å²) in [7, 11) is 3.59. The van der Waals surface area contributed by atoms with E-state index in [0.29, 0.717) is 80.2 Å². The number of carbonyl (C=O) groups is 1. The zero-order valence-electron chi connectivity index (χ0n) is 29.3. The van der Waals surface area contributed by atoms with Crippen molar-refractivity contribution in [1.29, 1.82) is 0 Å². The lowest BCUT2D eigenvalue weighted by Gasteiger charge is -2.18. The van der Waals surface area contributed by atoms with Crippen LogP contribution < -0.4 is 21.1 Å². The Bertz CT molecular complexity index is 1730. The molecule has 0 aliphatic heterocycles. The fourth-order valence-corrected chi connectivity index (χ4v) is 4.80. The second kappa shape index (κ2) is 19.0. The van der Waals surface area contributed by atoms with Crippen LogP contribution in [0.2, 0.25) is 0 Å². The van der Waals surface area contributed by atoms with Gasteiger partial charge in [0.15, 0.2) is 11.5 Å². The second-order valence-corrected chi connectivity index (χ2v) is 11.8. The number of hydrogen-bond acceptors (Lipinski definition) is 12. The van der Waals surface area contributed by atoms with Gasteiger partial charge in [0.05, 0.1) is 71.5 Å². The molecule has 1 aromatic carbocycles. The van der Waals surface area contributed by atoms with Crippen molar-refractivity contribution in [3.8, 4) is 5.82 Å². The van der Waals surface area contributed by atoms with E-state index in [0.717, 1.165) is 6.54 Å². The fraction of sp³-hybridized carbons (Fsp3) is 0.457. The highest BCUT2D eigenvalue weighted by molar-refractivity contribution is 5.93. The number of nitrogens with zero attached hydrogens (tertiary/aromatic N) is 6. The summed E-state index contributed by atoms with van der Waals surface area (Å²) in [6, 6.07) is 12.5. The summed E-state index contributed by atoms with van der Waals surface area (Å²) in [5.41, 5.74) is 0.700. The lowest BCUT2D eigenvalue weighted by Crippen LogP contribution is -2.27. The van der Waals surface area contributed by atoms with Gasteiger partial charge in [-0.1, -0.05) is 12.1 Å². The highest BCUT2D eigenvalue weighted by Crippen LogP contribution is 2.23. The largest absolute Gasteiger partial charge is 0.384 e. The van der Waals surface area contributed by atoms with Gasteiger partial charge in [-0.2, -0.15) is 4.98 Å². The first-order valence-corrected chi connectivity index (χ1v) is 16.5. The van der Waals surface area contributed by atoms with E-state index in [9.17, 15) is 14.7 Å². The normalized spacial score (nSPS) is 11.6. The molecular formula is C35H48N8O7. The molecule has 0 saturated carbocycles. The zero-order valence-corrected chi connectivity index (χ0v) is 29.3. The molecule has 0 aliphatic carbocycles. The van der Waals surface area contributed by atoms with E-state index in [1.807, 2.05) is 31.3 Å². The Kier molecular flexibility index (Phi) is 14.6. The smallest absolute Gasteiger partial charge is 0.278 e. The number of carbonyl (C=O) groups excluding carboxylic acids is 1. The molecule has 0 radical (unpaired) electrons. The van der Waals surface area contributed by atoms with E-state index < -0.39 is 5.60 Å². The lowest BCUT2D eigenvalue weighted by molar-refractivity contribution is -0.119. The predicted molar refractivity (Wildman–Crippen MR) is 191 cm³/mol. The number of ether oxygens (including phenoxy) is 4. The number of aromatic nitrogens is 5. The first-order valence-electron chi connectivity index (χ1n) is 16.5. The molecule has 15 nitrogen and oxygen atoms in total. The van der Waals surface area contributed by atoms with Crippen LogP contribution in [0.1, 0.15) is 26.0 Å². The van der Waals surface area contributed by atoms with Gasteiger partial charge in [-0.15, -0.1) is 6.58 Å². The number of allylic oxidation sites excluding steroid dienone is 1. The molecule has 0 bridgehead atoms. The molecule has 15 heteroatoms. The van der Waals surface area contributed by atoms with Gasteiger partial charge >= 0.3 is 0 Å². The zero-order chi connectivity index (χ0) is 35.9. The number of pyridine rings is 1. The Labute approximate surface area is 291 Å². The maximum atomic E-state index is 13.3. The van der Waals surface area contributed by atoms with Crippen molar-refractivity contribution in [2.45, 2.75) is 32.4 Å². The van der Waals surface area contributed by atoms with E-state index in [1.54, 1.807) is 54.8 Å². The minimum Gasteiger partial charge on any atom is -0.384 e. The molecule has 4 rings (SSSR count). The van der Waals surface area contributed by atoms with Crippen molar-refractivity contribution in [3.63, 3.8) is 0 Å². The van der Waals surface area contributed by atoms with E-state index in [4.69, 9.17) is 18.9 Å². The predicted octanol–water partition coefficient (Wildman–Crippen LogP) is 2.77. The number of rotatable bonds is 22. The summed E-state index contributed by atoms with van der Waals surface area (Å²) in [6.45, 7) is 11.9. The van der Waals surface area contributed by atoms with Gasteiger partial charge in [0.25, 0.3) is 5.56 Å². The molecule has 4 aromatic rings. The van der Waals surface area contributed by atoms with Crippen LogP contribution in [0, 0.1) is 0 Å². The molecule has 3 heterocycles. The average Bonchev–Trinajstić information content (AvgIpc) is 3.38. The van der Waals surface area contributed by atoms with Crippen LogP contribution in [0.25, 0.3) is 16.9 Å². The van der Waals surface area contributed by atoms with Gasteiger partial charge in [0, 0.05) is 31.2 Å². The van der Waals surface area contributed by atoms with Crippen molar-refractivity contribution in [2.75, 3.05) is 83.7 Å². The van der Waals surface area contributed by atoms with Gasteiger partial charge in [-0.25, -0.2) is 19.3 Å². The highest BCUT2D eigenvalue weighted by Gasteiger charge is 2.22. The Balaban J connectivity index is 1.28. The third-order valence-electron chi connectivity index (χ3n) is 7.51. The van der Waals surface area contributed by atoms with Gasteiger partial charge in [0.2, 0.25) is 11.9 Å². The Morgan fingerprint density at radius 1 is 0.960 bits per heavy atom. The number of nitrogens with one attached hydrogen (secondary N) is 2. The maximum absolute atomic E-state index is 13.3. The van der Waals surface area contributed by atoms with Gasteiger partial charge < -0.3 is 39.6 Å². The molecule has 0 unspecified atom stereocenters. The molecule has 50 heavy (non-hydrogen) atoms. The van der Waals surface area contributed by atoms with Crippen LogP contribution in [0.4, 0.5) is 17.3 Å². The van der Waals surface area contributed by atoms with E-state index >= 15 is 0 Å². The molecule has 0 aliphatic rings. The maximum Gasteiger partial charge on any atom is 0.278 e. The molecule has 0 saturated heterocycles. The summed E-state index contributed by atoms with van der Waals surface area (Å²) >= 11 is 0.